The summed E-state index contributed by atoms with van der Waals surface area (Å²) < 4.78 is 0. The third-order valence-electron chi connectivity index (χ3n) is 2.38. The van der Waals surface area contributed by atoms with Crippen LogP contribution in [0.5, 0.6) is 0 Å². The molecule has 0 aliphatic rings. The van der Waals surface area contributed by atoms with Crippen molar-refractivity contribution in [2.45, 2.75) is 20.4 Å². The average molecular weight is 233 g/mol. The van der Waals surface area contributed by atoms with E-state index in [0.717, 1.165) is 30.0 Å². The van der Waals surface area contributed by atoms with Crippen molar-refractivity contribution in [3.8, 4) is 11.4 Å². The van der Waals surface area contributed by atoms with Crippen molar-refractivity contribution in [1.29, 1.82) is 0 Å². The first kappa shape index (κ1) is 11.2. The highest BCUT2D eigenvalue weighted by atomic mass is 32.1. The molecule has 0 bridgehead atoms. The predicted molar refractivity (Wildman–Crippen MR) is 67.5 cm³/mol. The molecule has 0 aromatic carbocycles. The average Bonchev–Trinajstić information content (AvgIpc) is 2.74. The first-order valence-electron chi connectivity index (χ1n) is 5.36. The van der Waals surface area contributed by atoms with Gasteiger partial charge in [-0.15, -0.1) is 0 Å². The lowest BCUT2D eigenvalue weighted by atomic mass is 10.2. The minimum Gasteiger partial charge on any atom is -0.313 e. The lowest BCUT2D eigenvalue weighted by molar-refractivity contribution is 0.721. The monoisotopic (exact) mass is 233 g/mol. The molecule has 84 valence electrons. The lowest BCUT2D eigenvalue weighted by Crippen LogP contribution is -2.12. The Morgan fingerprint density at radius 2 is 2.00 bits per heavy atom. The second-order valence-electron chi connectivity index (χ2n) is 3.66. The molecule has 0 aliphatic heterocycles. The fraction of sp³-hybridized carbons (Fsp3) is 0.333. The molecule has 0 saturated carbocycles. The SMILES string of the molecule is CCNCc1cnc(-c2cscc2C)nc1. The molecule has 2 rings (SSSR count). The van der Waals surface area contributed by atoms with Crippen LogP contribution in [0, 0.1) is 6.92 Å². The summed E-state index contributed by atoms with van der Waals surface area (Å²) in [5.74, 6) is 0.819. The van der Waals surface area contributed by atoms with E-state index in [1.54, 1.807) is 11.3 Å². The van der Waals surface area contributed by atoms with Gasteiger partial charge in [-0.3, -0.25) is 0 Å². The Kier molecular flexibility index (Phi) is 3.64. The molecule has 0 unspecified atom stereocenters. The number of rotatable bonds is 4. The molecule has 0 radical (unpaired) electrons. The normalized spacial score (nSPS) is 10.6. The first-order valence-corrected chi connectivity index (χ1v) is 6.30. The zero-order valence-corrected chi connectivity index (χ0v) is 10.3. The molecule has 2 heterocycles. The van der Waals surface area contributed by atoms with Gasteiger partial charge in [0.25, 0.3) is 0 Å². The van der Waals surface area contributed by atoms with Gasteiger partial charge in [0.2, 0.25) is 0 Å². The summed E-state index contributed by atoms with van der Waals surface area (Å²) in [6.45, 7) is 5.97. The van der Waals surface area contributed by atoms with Gasteiger partial charge in [-0.25, -0.2) is 9.97 Å². The summed E-state index contributed by atoms with van der Waals surface area (Å²) in [5, 5.41) is 7.46. The summed E-state index contributed by atoms with van der Waals surface area (Å²) >= 11 is 1.69. The largest absolute Gasteiger partial charge is 0.313 e. The standard InChI is InChI=1S/C12H15N3S/c1-3-13-4-10-5-14-12(15-6-10)11-8-16-7-9(11)2/h5-8,13H,3-4H2,1-2H3. The van der Waals surface area contributed by atoms with Crippen LogP contribution in [0.3, 0.4) is 0 Å². The second kappa shape index (κ2) is 5.18. The van der Waals surface area contributed by atoms with Crippen LogP contribution < -0.4 is 5.32 Å². The van der Waals surface area contributed by atoms with Crippen molar-refractivity contribution in [1.82, 2.24) is 15.3 Å². The van der Waals surface area contributed by atoms with Gasteiger partial charge in [0.05, 0.1) is 0 Å². The summed E-state index contributed by atoms with van der Waals surface area (Å²) in [6.07, 6.45) is 3.78. The third-order valence-corrected chi connectivity index (χ3v) is 3.24. The van der Waals surface area contributed by atoms with Crippen LogP contribution in [0.1, 0.15) is 18.1 Å². The maximum absolute atomic E-state index is 4.39. The number of nitrogens with zero attached hydrogens (tertiary/aromatic N) is 2. The summed E-state index contributed by atoms with van der Waals surface area (Å²) in [4.78, 5) is 8.78. The number of thiophene rings is 1. The van der Waals surface area contributed by atoms with E-state index in [0.29, 0.717) is 0 Å². The smallest absolute Gasteiger partial charge is 0.160 e. The van der Waals surface area contributed by atoms with Gasteiger partial charge in [-0.05, 0) is 24.4 Å². The molecule has 0 aliphatic carbocycles. The third kappa shape index (κ3) is 2.46. The van der Waals surface area contributed by atoms with Crippen molar-refractivity contribution in [2.24, 2.45) is 0 Å². The van der Waals surface area contributed by atoms with Crippen LogP contribution in [0.15, 0.2) is 23.2 Å². The Labute approximate surface area is 99.6 Å². The molecule has 0 atom stereocenters. The number of nitrogens with one attached hydrogen (secondary N) is 1. The van der Waals surface area contributed by atoms with E-state index in [9.17, 15) is 0 Å². The molecule has 4 heteroatoms. The van der Waals surface area contributed by atoms with Crippen LogP contribution in [-0.2, 0) is 6.54 Å². The topological polar surface area (TPSA) is 37.8 Å². The van der Waals surface area contributed by atoms with Gasteiger partial charge in [0, 0.05) is 35.4 Å². The van der Waals surface area contributed by atoms with Gasteiger partial charge in [-0.1, -0.05) is 6.92 Å². The molecule has 1 N–H and O–H groups in total. The summed E-state index contributed by atoms with van der Waals surface area (Å²) in [5.41, 5.74) is 3.50. The van der Waals surface area contributed by atoms with Crippen LogP contribution in [0.4, 0.5) is 0 Å². The van der Waals surface area contributed by atoms with E-state index < -0.39 is 0 Å². The van der Waals surface area contributed by atoms with Crippen molar-refractivity contribution in [3.63, 3.8) is 0 Å². The van der Waals surface area contributed by atoms with E-state index in [4.69, 9.17) is 0 Å². The molecule has 16 heavy (non-hydrogen) atoms. The van der Waals surface area contributed by atoms with Gasteiger partial charge in [0.1, 0.15) is 0 Å². The van der Waals surface area contributed by atoms with E-state index in [1.807, 2.05) is 12.4 Å². The Bertz CT molecular complexity index is 448. The van der Waals surface area contributed by atoms with Crippen molar-refractivity contribution in [3.05, 3.63) is 34.3 Å². The zero-order chi connectivity index (χ0) is 11.4. The van der Waals surface area contributed by atoms with Crippen LogP contribution in [-0.4, -0.2) is 16.5 Å². The maximum atomic E-state index is 4.39. The fourth-order valence-corrected chi connectivity index (χ4v) is 2.27. The Morgan fingerprint density at radius 3 is 2.56 bits per heavy atom. The zero-order valence-electron chi connectivity index (χ0n) is 9.53. The van der Waals surface area contributed by atoms with Crippen molar-refractivity contribution in [2.75, 3.05) is 6.54 Å². The van der Waals surface area contributed by atoms with Crippen LogP contribution in [0.25, 0.3) is 11.4 Å². The highest BCUT2D eigenvalue weighted by Gasteiger charge is 2.05. The van der Waals surface area contributed by atoms with Gasteiger partial charge in [-0.2, -0.15) is 11.3 Å². The van der Waals surface area contributed by atoms with Gasteiger partial charge in [0.15, 0.2) is 5.82 Å². The Hall–Kier alpha value is -1.26. The van der Waals surface area contributed by atoms with E-state index in [-0.39, 0.29) is 0 Å². The van der Waals surface area contributed by atoms with E-state index in [2.05, 4.69) is 39.9 Å². The second-order valence-corrected chi connectivity index (χ2v) is 4.41. The fourth-order valence-electron chi connectivity index (χ4n) is 1.44. The molecule has 3 nitrogen and oxygen atoms in total. The minimum atomic E-state index is 0.819. The number of aromatic nitrogens is 2. The molecule has 2 aromatic rings. The number of hydrogen-bond acceptors (Lipinski definition) is 4. The highest BCUT2D eigenvalue weighted by Crippen LogP contribution is 2.23. The minimum absolute atomic E-state index is 0.819. The highest BCUT2D eigenvalue weighted by molar-refractivity contribution is 7.08. The molecule has 0 saturated heterocycles. The summed E-state index contributed by atoms with van der Waals surface area (Å²) in [7, 11) is 0. The van der Waals surface area contributed by atoms with Crippen LogP contribution >= 0.6 is 11.3 Å². The molecular weight excluding hydrogens is 218 g/mol. The van der Waals surface area contributed by atoms with E-state index in [1.165, 1.54) is 5.56 Å². The predicted octanol–water partition coefficient (Wildman–Crippen LogP) is 2.62. The maximum Gasteiger partial charge on any atom is 0.160 e. The first-order chi connectivity index (χ1) is 7.81. The lowest BCUT2D eigenvalue weighted by Gasteiger charge is -2.02. The quantitative estimate of drug-likeness (QED) is 0.882. The molecule has 0 amide bonds. The van der Waals surface area contributed by atoms with Crippen LogP contribution in [0.2, 0.25) is 0 Å². The number of aryl methyl sites for hydroxylation is 1. The van der Waals surface area contributed by atoms with Gasteiger partial charge < -0.3 is 5.32 Å². The Balaban J connectivity index is 2.16. The van der Waals surface area contributed by atoms with Crippen molar-refractivity contribution < 1.29 is 0 Å². The molecule has 0 spiro atoms. The van der Waals surface area contributed by atoms with Gasteiger partial charge >= 0.3 is 0 Å². The summed E-state index contributed by atoms with van der Waals surface area (Å²) in [6, 6.07) is 0. The van der Waals surface area contributed by atoms with E-state index >= 15 is 0 Å². The molecule has 0 fully saturated rings. The Morgan fingerprint density at radius 1 is 1.25 bits per heavy atom. The molecular formula is C12H15N3S. The number of hydrogen-bond donors (Lipinski definition) is 1. The molecule has 2 aromatic heterocycles. The van der Waals surface area contributed by atoms with Crippen molar-refractivity contribution >= 4 is 11.3 Å².